The van der Waals surface area contributed by atoms with E-state index in [-0.39, 0.29) is 17.9 Å². The summed E-state index contributed by atoms with van der Waals surface area (Å²) >= 11 is 0. The highest BCUT2D eigenvalue weighted by atomic mass is 16.2. The van der Waals surface area contributed by atoms with E-state index in [1.54, 1.807) is 0 Å². The minimum Gasteiger partial charge on any atom is -0.352 e. The Labute approximate surface area is 131 Å². The van der Waals surface area contributed by atoms with E-state index in [0.717, 1.165) is 31.5 Å². The summed E-state index contributed by atoms with van der Waals surface area (Å²) in [7, 11) is 0. The summed E-state index contributed by atoms with van der Waals surface area (Å²) in [6.45, 7) is 5.53. The van der Waals surface area contributed by atoms with Crippen LogP contribution in [0.1, 0.15) is 42.6 Å². The number of carbonyl (C=O) groups excluding carboxylic acids is 2. The average molecular weight is 303 g/mol. The Balaban J connectivity index is 1.98. The van der Waals surface area contributed by atoms with Gasteiger partial charge in [0, 0.05) is 38.2 Å². The molecular weight excluding hydrogens is 278 g/mol. The third-order valence-corrected chi connectivity index (χ3v) is 4.23. The number of amides is 2. The highest BCUT2D eigenvalue weighted by Gasteiger charge is 2.26. The van der Waals surface area contributed by atoms with Crippen molar-refractivity contribution in [2.24, 2.45) is 11.7 Å². The first-order valence-electron chi connectivity index (χ1n) is 7.85. The number of nitrogens with one attached hydrogen (secondary N) is 1. The van der Waals surface area contributed by atoms with E-state index in [1.165, 1.54) is 6.92 Å². The van der Waals surface area contributed by atoms with Crippen LogP contribution in [0.4, 0.5) is 0 Å². The largest absolute Gasteiger partial charge is 0.352 e. The van der Waals surface area contributed by atoms with Crippen LogP contribution in [0.25, 0.3) is 0 Å². The second-order valence-corrected chi connectivity index (χ2v) is 6.12. The number of benzene rings is 1. The molecule has 0 unspecified atom stereocenters. The monoisotopic (exact) mass is 303 g/mol. The molecule has 0 spiro atoms. The zero-order valence-corrected chi connectivity index (χ0v) is 13.3. The summed E-state index contributed by atoms with van der Waals surface area (Å²) in [5.41, 5.74) is 7.65. The molecule has 1 aliphatic heterocycles. The molecule has 5 nitrogen and oxygen atoms in total. The molecule has 0 bridgehead atoms. The summed E-state index contributed by atoms with van der Waals surface area (Å²) in [6, 6.07) is 7.55. The Hall–Kier alpha value is -1.88. The van der Waals surface area contributed by atoms with Crippen molar-refractivity contribution >= 4 is 11.8 Å². The maximum atomic E-state index is 12.6. The molecule has 1 saturated heterocycles. The second-order valence-electron chi connectivity index (χ2n) is 6.12. The fourth-order valence-electron chi connectivity index (χ4n) is 2.80. The van der Waals surface area contributed by atoms with Crippen molar-refractivity contribution in [2.45, 2.75) is 39.3 Å². The van der Waals surface area contributed by atoms with Gasteiger partial charge in [-0.05, 0) is 43.4 Å². The van der Waals surface area contributed by atoms with E-state index in [0.29, 0.717) is 18.0 Å². The van der Waals surface area contributed by atoms with Crippen LogP contribution in [0.2, 0.25) is 0 Å². The fourth-order valence-corrected chi connectivity index (χ4v) is 2.80. The van der Waals surface area contributed by atoms with E-state index in [2.05, 4.69) is 5.32 Å². The number of nitrogens with zero attached hydrogens (tertiary/aromatic N) is 1. The highest BCUT2D eigenvalue weighted by Crippen LogP contribution is 2.20. The number of likely N-dealkylation sites (tertiary alicyclic amines) is 1. The third-order valence-electron chi connectivity index (χ3n) is 4.23. The number of hydrogen-bond donors (Lipinski definition) is 2. The van der Waals surface area contributed by atoms with Crippen LogP contribution in [0.3, 0.4) is 0 Å². The van der Waals surface area contributed by atoms with Crippen LogP contribution in [0, 0.1) is 5.92 Å². The van der Waals surface area contributed by atoms with Crippen molar-refractivity contribution in [3.63, 3.8) is 0 Å². The number of carbonyl (C=O) groups is 2. The van der Waals surface area contributed by atoms with Crippen LogP contribution in [-0.4, -0.2) is 35.8 Å². The molecule has 2 amide bonds. The zero-order chi connectivity index (χ0) is 16.1. The molecule has 0 saturated carbocycles. The van der Waals surface area contributed by atoms with Crippen LogP contribution in [-0.2, 0) is 11.3 Å². The summed E-state index contributed by atoms with van der Waals surface area (Å²) in [4.78, 5) is 25.4. The highest BCUT2D eigenvalue weighted by molar-refractivity contribution is 5.94. The molecular formula is C17H25N3O2. The van der Waals surface area contributed by atoms with Gasteiger partial charge in [-0.2, -0.15) is 0 Å². The number of piperidine rings is 1. The molecule has 2 rings (SSSR count). The normalized spacial score (nSPS) is 19.6. The van der Waals surface area contributed by atoms with Gasteiger partial charge in [0.25, 0.3) is 5.91 Å². The van der Waals surface area contributed by atoms with Gasteiger partial charge in [0.2, 0.25) is 5.91 Å². The van der Waals surface area contributed by atoms with Gasteiger partial charge < -0.3 is 16.0 Å². The topological polar surface area (TPSA) is 75.4 Å². The van der Waals surface area contributed by atoms with Crippen LogP contribution < -0.4 is 11.1 Å². The van der Waals surface area contributed by atoms with Gasteiger partial charge in [-0.25, -0.2) is 0 Å². The van der Waals surface area contributed by atoms with Crippen molar-refractivity contribution in [3.8, 4) is 0 Å². The lowest BCUT2D eigenvalue weighted by molar-refractivity contribution is -0.119. The van der Waals surface area contributed by atoms with Gasteiger partial charge in [0.05, 0.1) is 0 Å². The molecule has 0 aliphatic carbocycles. The summed E-state index contributed by atoms with van der Waals surface area (Å²) < 4.78 is 0. The van der Waals surface area contributed by atoms with E-state index >= 15 is 0 Å². The van der Waals surface area contributed by atoms with E-state index in [4.69, 9.17) is 5.73 Å². The molecule has 0 radical (unpaired) electrons. The second kappa shape index (κ2) is 7.40. The minimum atomic E-state index is -0.0598. The van der Waals surface area contributed by atoms with Crippen LogP contribution in [0.15, 0.2) is 24.3 Å². The van der Waals surface area contributed by atoms with E-state index in [1.807, 2.05) is 36.1 Å². The van der Waals surface area contributed by atoms with Crippen molar-refractivity contribution < 1.29 is 9.59 Å². The van der Waals surface area contributed by atoms with Gasteiger partial charge in [-0.1, -0.05) is 12.1 Å². The van der Waals surface area contributed by atoms with Crippen molar-refractivity contribution in [3.05, 3.63) is 35.4 Å². The first kappa shape index (κ1) is 16.5. The van der Waals surface area contributed by atoms with Gasteiger partial charge in [0.1, 0.15) is 0 Å². The SMILES string of the molecule is CC(=O)NCc1ccc(C(=O)N2CCC[C@@H]([C@@H](C)N)C2)cc1. The Morgan fingerprint density at radius 3 is 2.64 bits per heavy atom. The average Bonchev–Trinajstić information content (AvgIpc) is 2.53. The molecule has 120 valence electrons. The smallest absolute Gasteiger partial charge is 0.253 e. The Bertz CT molecular complexity index is 525. The van der Waals surface area contributed by atoms with Crippen LogP contribution >= 0.6 is 0 Å². The molecule has 1 aromatic rings. The number of rotatable bonds is 4. The molecule has 1 heterocycles. The zero-order valence-electron chi connectivity index (χ0n) is 13.3. The lowest BCUT2D eigenvalue weighted by Gasteiger charge is -2.34. The quantitative estimate of drug-likeness (QED) is 0.885. The summed E-state index contributed by atoms with van der Waals surface area (Å²) in [5.74, 6) is 0.392. The molecule has 1 fully saturated rings. The third kappa shape index (κ3) is 4.31. The minimum absolute atomic E-state index is 0.0598. The fraction of sp³-hybridized carbons (Fsp3) is 0.529. The first-order chi connectivity index (χ1) is 10.5. The van der Waals surface area contributed by atoms with Gasteiger partial charge >= 0.3 is 0 Å². The maximum absolute atomic E-state index is 12.6. The maximum Gasteiger partial charge on any atom is 0.253 e. The van der Waals surface area contributed by atoms with E-state index in [9.17, 15) is 9.59 Å². The standard InChI is InChI=1S/C17H25N3O2/c1-12(18)16-4-3-9-20(11-16)17(22)15-7-5-14(6-8-15)10-19-13(2)21/h5-8,12,16H,3-4,9-11,18H2,1-2H3,(H,19,21)/t12-,16-/m1/s1. The number of nitrogens with two attached hydrogens (primary N) is 1. The molecule has 5 heteroatoms. The predicted octanol–water partition coefficient (Wildman–Crippen LogP) is 1.52. The molecule has 3 N–H and O–H groups in total. The summed E-state index contributed by atoms with van der Waals surface area (Å²) in [6.07, 6.45) is 2.11. The van der Waals surface area contributed by atoms with Gasteiger partial charge in [-0.15, -0.1) is 0 Å². The Kier molecular flexibility index (Phi) is 5.55. The van der Waals surface area contributed by atoms with Crippen molar-refractivity contribution in [1.29, 1.82) is 0 Å². The molecule has 1 aromatic carbocycles. The first-order valence-corrected chi connectivity index (χ1v) is 7.85. The summed E-state index contributed by atoms with van der Waals surface area (Å²) in [5, 5.41) is 2.74. The lowest BCUT2D eigenvalue weighted by atomic mass is 9.92. The van der Waals surface area contributed by atoms with Crippen LogP contribution in [0.5, 0.6) is 0 Å². The molecule has 22 heavy (non-hydrogen) atoms. The molecule has 0 aromatic heterocycles. The number of hydrogen-bond acceptors (Lipinski definition) is 3. The Morgan fingerprint density at radius 2 is 2.05 bits per heavy atom. The van der Waals surface area contributed by atoms with Crippen molar-refractivity contribution in [2.75, 3.05) is 13.1 Å². The molecule has 2 atom stereocenters. The van der Waals surface area contributed by atoms with Gasteiger partial charge in [-0.3, -0.25) is 9.59 Å². The van der Waals surface area contributed by atoms with Crippen molar-refractivity contribution in [1.82, 2.24) is 10.2 Å². The van der Waals surface area contributed by atoms with Gasteiger partial charge in [0.15, 0.2) is 0 Å². The predicted molar refractivity (Wildman–Crippen MR) is 86.2 cm³/mol. The Morgan fingerprint density at radius 1 is 1.36 bits per heavy atom. The molecule has 1 aliphatic rings. The lowest BCUT2D eigenvalue weighted by Crippen LogP contribution is -2.45. The van der Waals surface area contributed by atoms with E-state index < -0.39 is 0 Å².